The van der Waals surface area contributed by atoms with E-state index in [0.29, 0.717) is 0 Å². The van der Waals surface area contributed by atoms with E-state index in [4.69, 9.17) is 9.72 Å². The summed E-state index contributed by atoms with van der Waals surface area (Å²) < 4.78 is 6.38. The van der Waals surface area contributed by atoms with Crippen molar-refractivity contribution in [3.63, 3.8) is 0 Å². The van der Waals surface area contributed by atoms with Crippen LogP contribution in [0.4, 0.5) is 10.3 Å². The Morgan fingerprint density at radius 2 is 1.95 bits per heavy atom. The van der Waals surface area contributed by atoms with Gasteiger partial charge in [-0.3, -0.25) is 0 Å². The predicted molar refractivity (Wildman–Crippen MR) is 88.2 cm³/mol. The second-order valence-electron chi connectivity index (χ2n) is 5.07. The van der Waals surface area contributed by atoms with Crippen molar-refractivity contribution < 1.29 is 4.74 Å². The molecule has 3 aromatic rings. The second kappa shape index (κ2) is 5.27. The number of nitrogens with one attached hydrogen (secondary N) is 1. The third-order valence-electron chi connectivity index (χ3n) is 3.66. The molecule has 1 aliphatic carbocycles. The maximum atomic E-state index is 5.25. The van der Waals surface area contributed by atoms with Gasteiger partial charge in [0.25, 0.3) is 0 Å². The molecule has 108 valence electrons. The maximum absolute atomic E-state index is 5.25. The van der Waals surface area contributed by atoms with Crippen LogP contribution in [0.15, 0.2) is 18.2 Å². The van der Waals surface area contributed by atoms with Crippen LogP contribution in [0.2, 0.25) is 0 Å². The Labute approximate surface area is 130 Å². The molecule has 0 saturated heterocycles. The Hall–Kier alpha value is -1.66. The van der Waals surface area contributed by atoms with Crippen molar-refractivity contribution in [3.8, 4) is 5.75 Å². The zero-order valence-corrected chi connectivity index (χ0v) is 13.3. The van der Waals surface area contributed by atoms with Crippen molar-refractivity contribution in [1.82, 2.24) is 9.97 Å². The summed E-state index contributed by atoms with van der Waals surface area (Å²) in [5.74, 6) is 0.863. The van der Waals surface area contributed by atoms with Crippen LogP contribution in [0.5, 0.6) is 5.75 Å². The second-order valence-corrected chi connectivity index (χ2v) is 7.19. The number of nitrogens with zero attached hydrogens (tertiary/aromatic N) is 2. The molecular formula is C15H15N3OS2. The van der Waals surface area contributed by atoms with Crippen LogP contribution < -0.4 is 10.1 Å². The van der Waals surface area contributed by atoms with Crippen LogP contribution in [-0.2, 0) is 12.8 Å². The number of fused-ring (bicyclic) bond motifs is 2. The van der Waals surface area contributed by atoms with Gasteiger partial charge in [0.1, 0.15) is 5.75 Å². The van der Waals surface area contributed by atoms with Crippen molar-refractivity contribution >= 4 is 43.2 Å². The minimum atomic E-state index is 0.863. The number of benzene rings is 1. The molecule has 1 aromatic carbocycles. The van der Waals surface area contributed by atoms with E-state index in [1.807, 2.05) is 18.2 Å². The number of thiazole rings is 2. The van der Waals surface area contributed by atoms with Crippen molar-refractivity contribution in [3.05, 3.63) is 28.8 Å². The highest BCUT2D eigenvalue weighted by atomic mass is 32.1. The molecule has 0 amide bonds. The predicted octanol–water partition coefficient (Wildman–Crippen LogP) is 4.38. The standard InChI is InChI=1S/C15H15N3OS2/c1-19-9-6-7-11-13(8-9)21-15(17-11)18-14-16-10-4-2-3-5-12(10)20-14/h6-8H,2-5H2,1H3,(H,16,17,18). The number of ether oxygens (including phenoxy) is 1. The molecule has 2 heterocycles. The molecule has 0 spiro atoms. The van der Waals surface area contributed by atoms with Gasteiger partial charge in [-0.1, -0.05) is 11.3 Å². The monoisotopic (exact) mass is 317 g/mol. The molecule has 0 unspecified atom stereocenters. The molecule has 0 saturated carbocycles. The van der Waals surface area contributed by atoms with E-state index in [1.165, 1.54) is 29.8 Å². The van der Waals surface area contributed by atoms with Gasteiger partial charge in [0, 0.05) is 4.88 Å². The third-order valence-corrected chi connectivity index (χ3v) is 5.66. The summed E-state index contributed by atoms with van der Waals surface area (Å²) in [4.78, 5) is 10.7. The van der Waals surface area contributed by atoms with Crippen molar-refractivity contribution in [2.24, 2.45) is 0 Å². The van der Waals surface area contributed by atoms with Gasteiger partial charge in [-0.25, -0.2) is 9.97 Å². The van der Waals surface area contributed by atoms with Gasteiger partial charge in [0.05, 0.1) is 23.0 Å². The Balaban J connectivity index is 1.63. The van der Waals surface area contributed by atoms with Gasteiger partial charge in [0.2, 0.25) is 0 Å². The Morgan fingerprint density at radius 1 is 1.10 bits per heavy atom. The van der Waals surface area contributed by atoms with Gasteiger partial charge >= 0.3 is 0 Å². The van der Waals surface area contributed by atoms with E-state index in [-0.39, 0.29) is 0 Å². The minimum absolute atomic E-state index is 0.863. The lowest BCUT2D eigenvalue weighted by Crippen LogP contribution is -1.99. The first-order valence-corrected chi connectivity index (χ1v) is 8.65. The number of aryl methyl sites for hydroxylation is 2. The molecule has 21 heavy (non-hydrogen) atoms. The number of aromatic nitrogens is 2. The molecule has 0 fully saturated rings. The third kappa shape index (κ3) is 2.49. The number of hydrogen-bond acceptors (Lipinski definition) is 6. The topological polar surface area (TPSA) is 47.0 Å². The zero-order chi connectivity index (χ0) is 14.2. The summed E-state index contributed by atoms with van der Waals surface area (Å²) in [7, 11) is 1.68. The number of methoxy groups -OCH3 is 1. The van der Waals surface area contributed by atoms with E-state index < -0.39 is 0 Å². The van der Waals surface area contributed by atoms with Crippen LogP contribution in [0.1, 0.15) is 23.4 Å². The van der Waals surface area contributed by atoms with E-state index in [9.17, 15) is 0 Å². The highest BCUT2D eigenvalue weighted by Crippen LogP contribution is 2.34. The van der Waals surface area contributed by atoms with Gasteiger partial charge in [-0.2, -0.15) is 0 Å². The van der Waals surface area contributed by atoms with E-state index >= 15 is 0 Å². The fourth-order valence-corrected chi connectivity index (χ4v) is 4.59. The highest BCUT2D eigenvalue weighted by Gasteiger charge is 2.16. The van der Waals surface area contributed by atoms with Gasteiger partial charge in [-0.05, 0) is 43.9 Å². The summed E-state index contributed by atoms with van der Waals surface area (Å²) >= 11 is 3.40. The molecule has 2 aromatic heterocycles. The number of rotatable bonds is 3. The van der Waals surface area contributed by atoms with Crippen molar-refractivity contribution in [2.45, 2.75) is 25.7 Å². The average molecular weight is 317 g/mol. The Morgan fingerprint density at radius 3 is 2.81 bits per heavy atom. The lowest BCUT2D eigenvalue weighted by atomic mass is 10.0. The van der Waals surface area contributed by atoms with Crippen LogP contribution in [0, 0.1) is 0 Å². The maximum Gasteiger partial charge on any atom is 0.190 e. The van der Waals surface area contributed by atoms with Crippen LogP contribution in [0.25, 0.3) is 10.2 Å². The Kier molecular flexibility index (Phi) is 3.27. The van der Waals surface area contributed by atoms with E-state index in [0.717, 1.165) is 32.7 Å². The summed E-state index contributed by atoms with van der Waals surface area (Å²) in [5.41, 5.74) is 2.26. The van der Waals surface area contributed by atoms with Crippen molar-refractivity contribution in [2.75, 3.05) is 12.4 Å². The van der Waals surface area contributed by atoms with Crippen LogP contribution in [-0.4, -0.2) is 17.1 Å². The highest BCUT2D eigenvalue weighted by molar-refractivity contribution is 7.22. The van der Waals surface area contributed by atoms with E-state index in [1.54, 1.807) is 29.8 Å². The summed E-state index contributed by atoms with van der Waals surface area (Å²) in [6.45, 7) is 0. The molecule has 4 rings (SSSR count). The van der Waals surface area contributed by atoms with Gasteiger partial charge in [-0.15, -0.1) is 11.3 Å². The van der Waals surface area contributed by atoms with Crippen LogP contribution >= 0.6 is 22.7 Å². The number of anilines is 2. The minimum Gasteiger partial charge on any atom is -0.497 e. The smallest absolute Gasteiger partial charge is 0.190 e. The molecule has 0 bridgehead atoms. The van der Waals surface area contributed by atoms with Crippen LogP contribution in [0.3, 0.4) is 0 Å². The molecule has 6 heteroatoms. The fraction of sp³-hybridized carbons (Fsp3) is 0.333. The quantitative estimate of drug-likeness (QED) is 0.778. The molecule has 4 nitrogen and oxygen atoms in total. The first kappa shape index (κ1) is 13.0. The zero-order valence-electron chi connectivity index (χ0n) is 11.7. The molecular weight excluding hydrogens is 302 g/mol. The SMILES string of the molecule is COc1ccc2nc(Nc3nc4c(s3)CCCC4)sc2c1. The first-order chi connectivity index (χ1) is 10.3. The lowest BCUT2D eigenvalue weighted by Gasteiger charge is -2.06. The van der Waals surface area contributed by atoms with Gasteiger partial charge in [0.15, 0.2) is 10.3 Å². The molecule has 1 N–H and O–H groups in total. The summed E-state index contributed by atoms with van der Waals surface area (Å²) in [6, 6.07) is 5.95. The van der Waals surface area contributed by atoms with Gasteiger partial charge < -0.3 is 10.1 Å². The van der Waals surface area contributed by atoms with Crippen molar-refractivity contribution in [1.29, 1.82) is 0 Å². The molecule has 0 aliphatic heterocycles. The largest absolute Gasteiger partial charge is 0.497 e. The normalized spacial score (nSPS) is 14.1. The molecule has 0 atom stereocenters. The summed E-state index contributed by atoms with van der Waals surface area (Å²) in [5, 5.41) is 5.22. The Bertz CT molecular complexity index is 770. The summed E-state index contributed by atoms with van der Waals surface area (Å²) in [6.07, 6.45) is 4.84. The lowest BCUT2D eigenvalue weighted by molar-refractivity contribution is 0.415. The average Bonchev–Trinajstić information content (AvgIpc) is 3.08. The number of hydrogen-bond donors (Lipinski definition) is 1. The fourth-order valence-electron chi connectivity index (χ4n) is 2.58. The first-order valence-electron chi connectivity index (χ1n) is 7.02. The molecule has 0 radical (unpaired) electrons. The van der Waals surface area contributed by atoms with E-state index in [2.05, 4.69) is 10.3 Å². The molecule has 1 aliphatic rings.